The summed E-state index contributed by atoms with van der Waals surface area (Å²) >= 11 is 0. The standard InChI is InChI=1S/C18H27N3O3/c1-19-18(24)17(14-7-3-2-4-8-14)20-16(23)13-21-11-6-5-9-15(21)10-12-22/h2-4,7-8,15,17,22H,5-6,9-13H2,1H3,(H,19,24)(H,20,23)/t15-,17+/m0/s1. The van der Waals surface area contributed by atoms with E-state index < -0.39 is 6.04 Å². The Morgan fingerprint density at radius 3 is 2.71 bits per heavy atom. The van der Waals surface area contributed by atoms with Crippen molar-refractivity contribution >= 4 is 11.8 Å². The quantitative estimate of drug-likeness (QED) is 0.690. The minimum absolute atomic E-state index is 0.133. The minimum Gasteiger partial charge on any atom is -0.396 e. The molecule has 1 saturated heterocycles. The van der Waals surface area contributed by atoms with E-state index in [-0.39, 0.29) is 31.0 Å². The first-order valence-corrected chi connectivity index (χ1v) is 8.56. The van der Waals surface area contributed by atoms with Crippen molar-refractivity contribution in [2.75, 3.05) is 26.7 Å². The maximum absolute atomic E-state index is 12.5. The summed E-state index contributed by atoms with van der Waals surface area (Å²) in [6, 6.07) is 8.78. The highest BCUT2D eigenvalue weighted by Gasteiger charge is 2.26. The Kier molecular flexibility index (Phi) is 7.21. The molecule has 0 spiro atoms. The normalized spacial score (nSPS) is 19.5. The predicted octanol–water partition coefficient (Wildman–Crippen LogP) is 0.827. The van der Waals surface area contributed by atoms with Crippen LogP contribution in [0.25, 0.3) is 0 Å². The van der Waals surface area contributed by atoms with E-state index in [9.17, 15) is 14.7 Å². The van der Waals surface area contributed by atoms with E-state index in [4.69, 9.17) is 0 Å². The van der Waals surface area contributed by atoms with Crippen LogP contribution in [0.1, 0.15) is 37.3 Å². The van der Waals surface area contributed by atoms with Crippen molar-refractivity contribution in [2.45, 2.75) is 37.8 Å². The van der Waals surface area contributed by atoms with Crippen LogP contribution in [-0.4, -0.2) is 54.6 Å². The van der Waals surface area contributed by atoms with Crippen LogP contribution in [0.4, 0.5) is 0 Å². The summed E-state index contributed by atoms with van der Waals surface area (Å²) in [4.78, 5) is 26.7. The number of amides is 2. The van der Waals surface area contributed by atoms with Crippen molar-refractivity contribution in [1.82, 2.24) is 15.5 Å². The molecular weight excluding hydrogens is 306 g/mol. The second kappa shape index (κ2) is 9.39. The molecule has 1 aliphatic heterocycles. The fraction of sp³-hybridized carbons (Fsp3) is 0.556. The van der Waals surface area contributed by atoms with Gasteiger partial charge in [-0.25, -0.2) is 0 Å². The van der Waals surface area contributed by atoms with Crippen molar-refractivity contribution in [2.24, 2.45) is 0 Å². The molecule has 24 heavy (non-hydrogen) atoms. The van der Waals surface area contributed by atoms with Gasteiger partial charge in [-0.1, -0.05) is 36.8 Å². The monoisotopic (exact) mass is 333 g/mol. The van der Waals surface area contributed by atoms with Crippen molar-refractivity contribution in [3.05, 3.63) is 35.9 Å². The summed E-state index contributed by atoms with van der Waals surface area (Å²) in [6.07, 6.45) is 3.89. The largest absolute Gasteiger partial charge is 0.396 e. The third kappa shape index (κ3) is 5.04. The van der Waals surface area contributed by atoms with Gasteiger partial charge in [-0.05, 0) is 31.4 Å². The Balaban J connectivity index is 2.00. The molecule has 1 aromatic rings. The third-order valence-corrected chi connectivity index (χ3v) is 4.50. The number of nitrogens with zero attached hydrogens (tertiary/aromatic N) is 1. The molecule has 0 aliphatic carbocycles. The maximum atomic E-state index is 12.5. The summed E-state index contributed by atoms with van der Waals surface area (Å²) in [7, 11) is 1.56. The van der Waals surface area contributed by atoms with Crippen molar-refractivity contribution in [3.8, 4) is 0 Å². The van der Waals surface area contributed by atoms with Crippen molar-refractivity contribution in [1.29, 1.82) is 0 Å². The fourth-order valence-corrected chi connectivity index (χ4v) is 3.23. The lowest BCUT2D eigenvalue weighted by Gasteiger charge is -2.35. The van der Waals surface area contributed by atoms with E-state index >= 15 is 0 Å². The molecule has 0 aromatic heterocycles. The number of carbonyl (C=O) groups excluding carboxylic acids is 2. The van der Waals surface area contributed by atoms with Crippen molar-refractivity contribution in [3.63, 3.8) is 0 Å². The number of aliphatic hydroxyl groups excluding tert-OH is 1. The SMILES string of the molecule is CNC(=O)[C@H](NC(=O)CN1CCCC[C@H]1CCO)c1ccccc1. The minimum atomic E-state index is -0.690. The van der Waals surface area contributed by atoms with Gasteiger partial charge in [-0.15, -0.1) is 0 Å². The molecular formula is C18H27N3O3. The molecule has 0 bridgehead atoms. The Morgan fingerprint density at radius 1 is 1.29 bits per heavy atom. The molecule has 0 unspecified atom stereocenters. The third-order valence-electron chi connectivity index (χ3n) is 4.50. The molecule has 6 nitrogen and oxygen atoms in total. The number of hydrogen-bond acceptors (Lipinski definition) is 4. The number of benzene rings is 1. The van der Waals surface area contributed by atoms with E-state index in [1.807, 2.05) is 30.3 Å². The van der Waals surface area contributed by atoms with Gasteiger partial charge >= 0.3 is 0 Å². The van der Waals surface area contributed by atoms with Crippen LogP contribution >= 0.6 is 0 Å². The summed E-state index contributed by atoms with van der Waals surface area (Å²) in [5.41, 5.74) is 0.760. The maximum Gasteiger partial charge on any atom is 0.246 e. The van der Waals surface area contributed by atoms with E-state index in [0.717, 1.165) is 31.4 Å². The molecule has 6 heteroatoms. The van der Waals surface area contributed by atoms with Crippen LogP contribution in [0.3, 0.4) is 0 Å². The number of carbonyl (C=O) groups is 2. The molecule has 0 radical (unpaired) electrons. The first kappa shape index (κ1) is 18.4. The molecule has 2 atom stereocenters. The van der Waals surface area contributed by atoms with Gasteiger partial charge < -0.3 is 15.7 Å². The lowest BCUT2D eigenvalue weighted by molar-refractivity contribution is -0.130. The summed E-state index contributed by atoms with van der Waals surface area (Å²) in [6.45, 7) is 1.24. The number of rotatable bonds is 7. The zero-order valence-electron chi connectivity index (χ0n) is 14.2. The number of nitrogens with one attached hydrogen (secondary N) is 2. The van der Waals surface area contributed by atoms with Crippen LogP contribution in [-0.2, 0) is 9.59 Å². The van der Waals surface area contributed by atoms with Gasteiger partial charge in [-0.3, -0.25) is 14.5 Å². The Hall–Kier alpha value is -1.92. The number of piperidine rings is 1. The van der Waals surface area contributed by atoms with E-state index in [2.05, 4.69) is 15.5 Å². The van der Waals surface area contributed by atoms with Gasteiger partial charge in [0.05, 0.1) is 6.54 Å². The van der Waals surface area contributed by atoms with Gasteiger partial charge in [0.2, 0.25) is 11.8 Å². The van der Waals surface area contributed by atoms with Gasteiger partial charge in [-0.2, -0.15) is 0 Å². The second-order valence-corrected chi connectivity index (χ2v) is 6.16. The highest BCUT2D eigenvalue weighted by Crippen LogP contribution is 2.19. The number of likely N-dealkylation sites (N-methyl/N-ethyl adjacent to an activating group) is 1. The molecule has 2 amide bonds. The molecule has 2 rings (SSSR count). The van der Waals surface area contributed by atoms with Crippen molar-refractivity contribution < 1.29 is 14.7 Å². The molecule has 1 aliphatic rings. The highest BCUT2D eigenvalue weighted by molar-refractivity contribution is 5.89. The van der Waals surface area contributed by atoms with Crippen LogP contribution in [0.2, 0.25) is 0 Å². The topological polar surface area (TPSA) is 81.7 Å². The molecule has 1 fully saturated rings. The van der Waals surface area contributed by atoms with Gasteiger partial charge in [0.1, 0.15) is 6.04 Å². The lowest BCUT2D eigenvalue weighted by atomic mass is 9.99. The van der Waals surface area contributed by atoms with E-state index in [1.54, 1.807) is 7.05 Å². The van der Waals surface area contributed by atoms with Gasteiger partial charge in [0.25, 0.3) is 0 Å². The molecule has 0 saturated carbocycles. The summed E-state index contributed by atoms with van der Waals surface area (Å²) in [5, 5.41) is 14.6. The summed E-state index contributed by atoms with van der Waals surface area (Å²) in [5.74, 6) is -0.405. The number of hydrogen-bond donors (Lipinski definition) is 3. The smallest absolute Gasteiger partial charge is 0.246 e. The predicted molar refractivity (Wildman–Crippen MR) is 92.3 cm³/mol. The Morgan fingerprint density at radius 2 is 2.04 bits per heavy atom. The van der Waals surface area contributed by atoms with Crippen LogP contribution in [0.5, 0.6) is 0 Å². The van der Waals surface area contributed by atoms with E-state index in [0.29, 0.717) is 6.42 Å². The van der Waals surface area contributed by atoms with Gasteiger partial charge in [0, 0.05) is 19.7 Å². The lowest BCUT2D eigenvalue weighted by Crippen LogP contribution is -2.48. The highest BCUT2D eigenvalue weighted by atomic mass is 16.3. The first-order valence-electron chi connectivity index (χ1n) is 8.56. The summed E-state index contributed by atoms with van der Waals surface area (Å²) < 4.78 is 0. The fourth-order valence-electron chi connectivity index (χ4n) is 3.23. The zero-order valence-corrected chi connectivity index (χ0v) is 14.2. The molecule has 3 N–H and O–H groups in total. The zero-order chi connectivity index (χ0) is 17.4. The Labute approximate surface area is 143 Å². The average molecular weight is 333 g/mol. The molecule has 132 valence electrons. The van der Waals surface area contributed by atoms with Crippen LogP contribution in [0, 0.1) is 0 Å². The van der Waals surface area contributed by atoms with Gasteiger partial charge in [0.15, 0.2) is 0 Å². The van der Waals surface area contributed by atoms with Crippen LogP contribution in [0.15, 0.2) is 30.3 Å². The average Bonchev–Trinajstić information content (AvgIpc) is 2.61. The number of aliphatic hydroxyl groups is 1. The number of likely N-dealkylation sites (tertiary alicyclic amines) is 1. The molecule has 1 heterocycles. The van der Waals surface area contributed by atoms with E-state index in [1.165, 1.54) is 0 Å². The van der Waals surface area contributed by atoms with Crippen LogP contribution < -0.4 is 10.6 Å². The first-order chi connectivity index (χ1) is 11.7. The Bertz CT molecular complexity index is 534. The second-order valence-electron chi connectivity index (χ2n) is 6.16. The molecule has 1 aromatic carbocycles.